The molecule has 0 radical (unpaired) electrons. The number of anilines is 1. The third-order valence-corrected chi connectivity index (χ3v) is 2.62. The fraction of sp³-hybridized carbons (Fsp3) is 0.250. The Kier molecular flexibility index (Phi) is 4.38. The number of hydrogen-bond acceptors (Lipinski definition) is 3. The fourth-order valence-corrected chi connectivity index (χ4v) is 1.46. The SMILES string of the molecule is C/C=C(/CC(=O)OC)c1ccc(Cl)c(N)c1. The zero-order valence-corrected chi connectivity index (χ0v) is 10.0. The maximum Gasteiger partial charge on any atom is 0.309 e. The largest absolute Gasteiger partial charge is 0.469 e. The van der Waals surface area contributed by atoms with Gasteiger partial charge in [0.1, 0.15) is 0 Å². The first-order chi connectivity index (χ1) is 7.58. The van der Waals surface area contributed by atoms with Gasteiger partial charge in [0, 0.05) is 0 Å². The average Bonchev–Trinajstić information content (AvgIpc) is 2.29. The van der Waals surface area contributed by atoms with E-state index in [1.165, 1.54) is 7.11 Å². The van der Waals surface area contributed by atoms with E-state index in [-0.39, 0.29) is 12.4 Å². The molecule has 0 aliphatic heterocycles. The molecule has 0 bridgehead atoms. The summed E-state index contributed by atoms with van der Waals surface area (Å²) in [5.41, 5.74) is 7.96. The van der Waals surface area contributed by atoms with E-state index in [4.69, 9.17) is 17.3 Å². The third kappa shape index (κ3) is 3.00. The van der Waals surface area contributed by atoms with Crippen LogP contribution in [0.1, 0.15) is 18.9 Å². The number of carbonyl (C=O) groups excluding carboxylic acids is 1. The first-order valence-corrected chi connectivity index (χ1v) is 5.23. The van der Waals surface area contributed by atoms with Crippen LogP contribution in [0.3, 0.4) is 0 Å². The quantitative estimate of drug-likeness (QED) is 0.652. The minimum atomic E-state index is -0.276. The fourth-order valence-electron chi connectivity index (χ4n) is 1.34. The summed E-state index contributed by atoms with van der Waals surface area (Å²) < 4.78 is 4.62. The zero-order chi connectivity index (χ0) is 12.1. The number of nitrogen functional groups attached to an aromatic ring is 1. The summed E-state index contributed by atoms with van der Waals surface area (Å²) in [5, 5.41) is 0.511. The lowest BCUT2D eigenvalue weighted by molar-refractivity contribution is -0.139. The predicted molar refractivity (Wildman–Crippen MR) is 66.1 cm³/mol. The molecule has 0 saturated carbocycles. The van der Waals surface area contributed by atoms with Crippen molar-refractivity contribution in [3.05, 3.63) is 34.9 Å². The lowest BCUT2D eigenvalue weighted by Gasteiger charge is -2.07. The summed E-state index contributed by atoms with van der Waals surface area (Å²) in [5.74, 6) is -0.276. The summed E-state index contributed by atoms with van der Waals surface area (Å²) in [4.78, 5) is 11.2. The van der Waals surface area contributed by atoms with Gasteiger partial charge in [-0.1, -0.05) is 23.7 Å². The molecule has 1 aromatic rings. The Labute approximate surface area is 99.8 Å². The molecule has 3 nitrogen and oxygen atoms in total. The first-order valence-electron chi connectivity index (χ1n) is 4.86. The molecular weight excluding hydrogens is 226 g/mol. The van der Waals surface area contributed by atoms with Gasteiger partial charge < -0.3 is 10.5 Å². The van der Waals surface area contributed by atoms with Crippen LogP contribution in [-0.2, 0) is 9.53 Å². The molecular formula is C12H14ClNO2. The highest BCUT2D eigenvalue weighted by atomic mass is 35.5. The molecule has 86 valence electrons. The molecule has 2 N–H and O–H groups in total. The number of rotatable bonds is 3. The van der Waals surface area contributed by atoms with Crippen LogP contribution in [0, 0.1) is 0 Å². The maximum absolute atomic E-state index is 11.2. The van der Waals surface area contributed by atoms with Gasteiger partial charge >= 0.3 is 5.97 Å². The Hall–Kier alpha value is -1.48. The van der Waals surface area contributed by atoms with Gasteiger partial charge in [0.15, 0.2) is 0 Å². The molecule has 0 amide bonds. The molecule has 0 unspecified atom stereocenters. The van der Waals surface area contributed by atoms with Gasteiger partial charge in [-0.2, -0.15) is 0 Å². The second kappa shape index (κ2) is 5.56. The number of carbonyl (C=O) groups is 1. The normalized spacial score (nSPS) is 11.3. The zero-order valence-electron chi connectivity index (χ0n) is 9.29. The Bertz CT molecular complexity index is 427. The molecule has 0 aliphatic carbocycles. The van der Waals surface area contributed by atoms with E-state index >= 15 is 0 Å². The minimum Gasteiger partial charge on any atom is -0.469 e. The number of ether oxygens (including phenoxy) is 1. The second-order valence-electron chi connectivity index (χ2n) is 3.30. The molecule has 0 atom stereocenters. The van der Waals surface area contributed by atoms with Crippen molar-refractivity contribution in [1.29, 1.82) is 0 Å². The van der Waals surface area contributed by atoms with Crippen molar-refractivity contribution in [1.82, 2.24) is 0 Å². The molecule has 0 aliphatic rings. The van der Waals surface area contributed by atoms with Gasteiger partial charge in [0.2, 0.25) is 0 Å². The number of esters is 1. The van der Waals surface area contributed by atoms with Crippen LogP contribution in [0.4, 0.5) is 5.69 Å². The second-order valence-corrected chi connectivity index (χ2v) is 3.71. The highest BCUT2D eigenvalue weighted by molar-refractivity contribution is 6.33. The molecule has 0 fully saturated rings. The van der Waals surface area contributed by atoms with E-state index in [1.54, 1.807) is 12.1 Å². The van der Waals surface area contributed by atoms with Crippen LogP contribution in [-0.4, -0.2) is 13.1 Å². The Morgan fingerprint density at radius 1 is 1.56 bits per heavy atom. The molecule has 0 saturated heterocycles. The monoisotopic (exact) mass is 239 g/mol. The van der Waals surface area contributed by atoms with Crippen molar-refractivity contribution in [3.8, 4) is 0 Å². The number of allylic oxidation sites excluding steroid dienone is 1. The van der Waals surface area contributed by atoms with Gasteiger partial charge in [-0.05, 0) is 30.2 Å². The van der Waals surface area contributed by atoms with Crippen molar-refractivity contribution in [2.45, 2.75) is 13.3 Å². The summed E-state index contributed by atoms with van der Waals surface area (Å²) in [6, 6.07) is 5.30. The molecule has 0 aromatic heterocycles. The summed E-state index contributed by atoms with van der Waals surface area (Å²) in [7, 11) is 1.37. The van der Waals surface area contributed by atoms with Crippen LogP contribution in [0.25, 0.3) is 5.57 Å². The molecule has 0 spiro atoms. The van der Waals surface area contributed by atoms with Gasteiger partial charge in [-0.3, -0.25) is 4.79 Å². The Balaban J connectivity index is 2.97. The van der Waals surface area contributed by atoms with Crippen LogP contribution < -0.4 is 5.73 Å². The molecule has 0 heterocycles. The van der Waals surface area contributed by atoms with Crippen molar-refractivity contribution < 1.29 is 9.53 Å². The predicted octanol–water partition coefficient (Wildman–Crippen LogP) is 2.89. The number of hydrogen-bond donors (Lipinski definition) is 1. The van der Waals surface area contributed by atoms with E-state index in [0.717, 1.165) is 11.1 Å². The number of halogens is 1. The summed E-state index contributed by atoms with van der Waals surface area (Å²) >= 11 is 5.83. The van der Waals surface area contributed by atoms with Gasteiger partial charge in [-0.25, -0.2) is 0 Å². The highest BCUT2D eigenvalue weighted by Gasteiger charge is 2.08. The smallest absolute Gasteiger partial charge is 0.309 e. The lowest BCUT2D eigenvalue weighted by Crippen LogP contribution is -2.01. The van der Waals surface area contributed by atoms with Crippen LogP contribution in [0.15, 0.2) is 24.3 Å². The van der Waals surface area contributed by atoms with Crippen molar-refractivity contribution >= 4 is 28.8 Å². The minimum absolute atomic E-state index is 0.230. The topological polar surface area (TPSA) is 52.3 Å². The van der Waals surface area contributed by atoms with E-state index < -0.39 is 0 Å². The molecule has 4 heteroatoms. The van der Waals surface area contributed by atoms with E-state index in [0.29, 0.717) is 10.7 Å². The maximum atomic E-state index is 11.2. The van der Waals surface area contributed by atoms with E-state index in [2.05, 4.69) is 4.74 Å². The van der Waals surface area contributed by atoms with Gasteiger partial charge in [0.25, 0.3) is 0 Å². The van der Waals surface area contributed by atoms with E-state index in [9.17, 15) is 4.79 Å². The van der Waals surface area contributed by atoms with Gasteiger partial charge in [-0.15, -0.1) is 0 Å². The number of benzene rings is 1. The van der Waals surface area contributed by atoms with Gasteiger partial charge in [0.05, 0.1) is 24.2 Å². The highest BCUT2D eigenvalue weighted by Crippen LogP contribution is 2.25. The number of nitrogens with two attached hydrogens (primary N) is 1. The summed E-state index contributed by atoms with van der Waals surface area (Å²) in [6.45, 7) is 1.86. The van der Waals surface area contributed by atoms with E-state index in [1.807, 2.05) is 19.1 Å². The Morgan fingerprint density at radius 2 is 2.25 bits per heavy atom. The van der Waals surface area contributed by atoms with Crippen LogP contribution in [0.5, 0.6) is 0 Å². The molecule has 1 rings (SSSR count). The van der Waals surface area contributed by atoms with Crippen molar-refractivity contribution in [3.63, 3.8) is 0 Å². The summed E-state index contributed by atoms with van der Waals surface area (Å²) in [6.07, 6.45) is 2.09. The molecule has 1 aromatic carbocycles. The third-order valence-electron chi connectivity index (χ3n) is 2.28. The van der Waals surface area contributed by atoms with Crippen molar-refractivity contribution in [2.75, 3.05) is 12.8 Å². The van der Waals surface area contributed by atoms with Crippen molar-refractivity contribution in [2.24, 2.45) is 0 Å². The first kappa shape index (κ1) is 12.6. The van der Waals surface area contributed by atoms with Crippen LogP contribution >= 0.6 is 11.6 Å². The lowest BCUT2D eigenvalue weighted by atomic mass is 10.0. The Morgan fingerprint density at radius 3 is 2.75 bits per heavy atom. The average molecular weight is 240 g/mol. The molecule has 16 heavy (non-hydrogen) atoms. The van der Waals surface area contributed by atoms with Crippen LogP contribution in [0.2, 0.25) is 5.02 Å². The standard InChI is InChI=1S/C12H14ClNO2/c1-3-8(7-12(15)16-2)9-4-5-10(13)11(14)6-9/h3-6H,7,14H2,1-2H3/b8-3-. The number of methoxy groups -OCH3 is 1.